The molecule has 0 bridgehead atoms. The van der Waals surface area contributed by atoms with Gasteiger partial charge in [-0.2, -0.15) is 23.0 Å². The van der Waals surface area contributed by atoms with Crippen molar-refractivity contribution in [3.63, 3.8) is 0 Å². The molecule has 2 heterocycles. The summed E-state index contributed by atoms with van der Waals surface area (Å²) in [6.45, 7) is 0.447. The highest BCUT2D eigenvalue weighted by Crippen LogP contribution is 2.28. The number of nitrogens with one attached hydrogen (secondary N) is 1. The molecule has 0 spiro atoms. The molecule has 2 aromatic rings. The monoisotopic (exact) mass is 257 g/mol. The number of pyridine rings is 1. The highest BCUT2D eigenvalue weighted by Gasteiger charge is 2.30. The summed E-state index contributed by atoms with van der Waals surface area (Å²) < 4.78 is 38.5. The van der Waals surface area contributed by atoms with Crippen LogP contribution < -0.4 is 5.32 Å². The summed E-state index contributed by atoms with van der Waals surface area (Å²) in [5.41, 5.74) is -0.790. The Morgan fingerprint density at radius 1 is 1.28 bits per heavy atom. The van der Waals surface area contributed by atoms with Gasteiger partial charge in [0, 0.05) is 6.20 Å². The van der Waals surface area contributed by atoms with Crippen LogP contribution in [0.3, 0.4) is 0 Å². The molecule has 0 atom stereocenters. The molecular formula is C10H10F3N5. The second-order valence-corrected chi connectivity index (χ2v) is 3.52. The van der Waals surface area contributed by atoms with Crippen molar-refractivity contribution in [3.05, 3.63) is 36.0 Å². The summed E-state index contributed by atoms with van der Waals surface area (Å²) in [6, 6.07) is 2.23. The predicted molar refractivity (Wildman–Crippen MR) is 56.9 cm³/mol. The number of aromatic nitrogens is 4. The lowest BCUT2D eigenvalue weighted by Gasteiger charge is -2.08. The van der Waals surface area contributed by atoms with E-state index in [2.05, 4.69) is 20.4 Å². The lowest BCUT2D eigenvalue weighted by Crippen LogP contribution is -2.13. The summed E-state index contributed by atoms with van der Waals surface area (Å²) in [5.74, 6) is 0.871. The Balaban J connectivity index is 2.32. The molecule has 0 saturated carbocycles. The topological polar surface area (TPSA) is 55.6 Å². The maximum absolute atomic E-state index is 12.4. The molecule has 0 fully saturated rings. The van der Waals surface area contributed by atoms with Gasteiger partial charge in [0.05, 0.1) is 12.1 Å². The SMILES string of the molecule is CNCc1ncnn1-c1ccc(C(F)(F)F)cn1. The molecule has 18 heavy (non-hydrogen) atoms. The fraction of sp³-hybridized carbons (Fsp3) is 0.300. The molecule has 2 aromatic heterocycles. The Bertz CT molecular complexity index is 517. The molecular weight excluding hydrogens is 247 g/mol. The highest BCUT2D eigenvalue weighted by molar-refractivity contribution is 5.26. The van der Waals surface area contributed by atoms with Crippen LogP contribution in [0.2, 0.25) is 0 Å². The van der Waals surface area contributed by atoms with Crippen molar-refractivity contribution in [2.45, 2.75) is 12.7 Å². The third-order valence-corrected chi connectivity index (χ3v) is 2.25. The minimum atomic E-state index is -4.39. The Hall–Kier alpha value is -1.96. The average molecular weight is 257 g/mol. The van der Waals surface area contributed by atoms with Crippen LogP contribution in [0.4, 0.5) is 13.2 Å². The summed E-state index contributed by atoms with van der Waals surface area (Å²) in [5, 5.41) is 6.80. The van der Waals surface area contributed by atoms with Gasteiger partial charge in [-0.1, -0.05) is 0 Å². The molecule has 0 radical (unpaired) electrons. The van der Waals surface area contributed by atoms with Gasteiger partial charge in [-0.25, -0.2) is 9.97 Å². The quantitative estimate of drug-likeness (QED) is 0.903. The van der Waals surface area contributed by atoms with Gasteiger partial charge in [0.1, 0.15) is 12.2 Å². The fourth-order valence-electron chi connectivity index (χ4n) is 1.41. The van der Waals surface area contributed by atoms with E-state index in [1.54, 1.807) is 7.05 Å². The number of halogens is 3. The molecule has 0 aliphatic carbocycles. The van der Waals surface area contributed by atoms with Gasteiger partial charge in [-0.05, 0) is 19.2 Å². The van der Waals surface area contributed by atoms with E-state index in [1.807, 2.05) is 0 Å². The number of rotatable bonds is 3. The molecule has 0 aliphatic heterocycles. The standard InChI is InChI=1S/C10H10F3N5/c1-14-5-9-16-6-17-18(9)8-3-2-7(4-15-8)10(11,12)13/h2-4,6,14H,5H2,1H3. The van der Waals surface area contributed by atoms with E-state index in [1.165, 1.54) is 17.1 Å². The molecule has 0 unspecified atom stereocenters. The zero-order valence-corrected chi connectivity index (χ0v) is 9.44. The number of hydrogen-bond acceptors (Lipinski definition) is 4. The van der Waals surface area contributed by atoms with Crippen LogP contribution in [0.5, 0.6) is 0 Å². The summed E-state index contributed by atoms with van der Waals surface area (Å²) in [4.78, 5) is 7.72. The van der Waals surface area contributed by atoms with Gasteiger partial charge in [0.2, 0.25) is 0 Å². The summed E-state index contributed by atoms with van der Waals surface area (Å²) in [6.07, 6.45) is -2.28. The Labute approximate surface area is 101 Å². The van der Waals surface area contributed by atoms with Crippen LogP contribution >= 0.6 is 0 Å². The van der Waals surface area contributed by atoms with Gasteiger partial charge in [0.25, 0.3) is 0 Å². The third-order valence-electron chi connectivity index (χ3n) is 2.25. The van der Waals surface area contributed by atoms with Crippen LogP contribution in [-0.2, 0) is 12.7 Å². The number of alkyl halides is 3. The minimum absolute atomic E-state index is 0.297. The zero-order chi connectivity index (χ0) is 13.2. The van der Waals surface area contributed by atoms with E-state index in [4.69, 9.17) is 0 Å². The Morgan fingerprint density at radius 2 is 2.06 bits per heavy atom. The fourth-order valence-corrected chi connectivity index (χ4v) is 1.41. The molecule has 96 valence electrons. The van der Waals surface area contributed by atoms with Gasteiger partial charge in [0.15, 0.2) is 5.82 Å². The highest BCUT2D eigenvalue weighted by atomic mass is 19.4. The Morgan fingerprint density at radius 3 is 2.61 bits per heavy atom. The van der Waals surface area contributed by atoms with Crippen molar-refractivity contribution >= 4 is 0 Å². The first-order valence-electron chi connectivity index (χ1n) is 5.09. The molecule has 0 aliphatic rings. The first-order valence-corrected chi connectivity index (χ1v) is 5.09. The van der Waals surface area contributed by atoms with Crippen molar-refractivity contribution in [1.29, 1.82) is 0 Å². The largest absolute Gasteiger partial charge is 0.417 e. The third kappa shape index (κ3) is 2.48. The van der Waals surface area contributed by atoms with Crippen LogP contribution in [0.25, 0.3) is 5.82 Å². The lowest BCUT2D eigenvalue weighted by molar-refractivity contribution is -0.137. The van der Waals surface area contributed by atoms with Crippen molar-refractivity contribution in [2.75, 3.05) is 7.05 Å². The molecule has 5 nitrogen and oxygen atoms in total. The second kappa shape index (κ2) is 4.73. The summed E-state index contributed by atoms with van der Waals surface area (Å²) >= 11 is 0. The molecule has 2 rings (SSSR count). The van der Waals surface area contributed by atoms with E-state index >= 15 is 0 Å². The maximum atomic E-state index is 12.4. The molecule has 0 aromatic carbocycles. The molecule has 8 heteroatoms. The number of hydrogen-bond donors (Lipinski definition) is 1. The van der Waals surface area contributed by atoms with Crippen molar-refractivity contribution < 1.29 is 13.2 Å². The smallest absolute Gasteiger partial charge is 0.313 e. The van der Waals surface area contributed by atoms with Gasteiger partial charge in [-0.3, -0.25) is 0 Å². The van der Waals surface area contributed by atoms with Crippen molar-refractivity contribution in [2.24, 2.45) is 0 Å². The number of nitrogens with zero attached hydrogens (tertiary/aromatic N) is 4. The average Bonchev–Trinajstić information content (AvgIpc) is 2.77. The van der Waals surface area contributed by atoms with Gasteiger partial charge < -0.3 is 5.32 Å². The Kier molecular flexibility index (Phi) is 3.28. The van der Waals surface area contributed by atoms with E-state index in [-0.39, 0.29) is 0 Å². The lowest BCUT2D eigenvalue weighted by atomic mass is 10.3. The molecule has 0 saturated heterocycles. The summed E-state index contributed by atoms with van der Waals surface area (Å²) in [7, 11) is 1.74. The first kappa shape index (κ1) is 12.5. The predicted octanol–water partition coefficient (Wildman–Crippen LogP) is 1.40. The van der Waals surface area contributed by atoms with Crippen molar-refractivity contribution in [1.82, 2.24) is 25.1 Å². The maximum Gasteiger partial charge on any atom is 0.417 e. The normalized spacial score (nSPS) is 11.8. The van der Waals surface area contributed by atoms with E-state index < -0.39 is 11.7 Å². The van der Waals surface area contributed by atoms with Crippen molar-refractivity contribution in [3.8, 4) is 5.82 Å². The van der Waals surface area contributed by atoms with Crippen LogP contribution in [-0.4, -0.2) is 26.8 Å². The van der Waals surface area contributed by atoms with Crippen LogP contribution in [0, 0.1) is 0 Å². The first-order chi connectivity index (χ1) is 8.52. The van der Waals surface area contributed by atoms with Gasteiger partial charge in [-0.15, -0.1) is 0 Å². The van der Waals surface area contributed by atoms with E-state index in [0.717, 1.165) is 12.3 Å². The molecule has 1 N–H and O–H groups in total. The zero-order valence-electron chi connectivity index (χ0n) is 9.44. The van der Waals surface area contributed by atoms with Crippen LogP contribution in [0.15, 0.2) is 24.7 Å². The second-order valence-electron chi connectivity index (χ2n) is 3.52. The van der Waals surface area contributed by atoms with Gasteiger partial charge >= 0.3 is 6.18 Å². The van der Waals surface area contributed by atoms with E-state index in [0.29, 0.717) is 18.2 Å². The van der Waals surface area contributed by atoms with E-state index in [9.17, 15) is 13.2 Å². The van der Waals surface area contributed by atoms with Crippen LogP contribution in [0.1, 0.15) is 11.4 Å². The minimum Gasteiger partial charge on any atom is -0.313 e. The molecule has 0 amide bonds.